The first kappa shape index (κ1) is 17.1. The maximum atomic E-state index is 12.6. The molecule has 3 rings (SSSR count). The Kier molecular flexibility index (Phi) is 4.75. The fourth-order valence-electron chi connectivity index (χ4n) is 2.63. The summed E-state index contributed by atoms with van der Waals surface area (Å²) in [5.74, 6) is 0. The standard InChI is InChI=1S/C15H17BrN4O3S/c1-18-15(21)14(16)13(11-17-18)19-7-9-20(10-8-19)24(22,23)12-5-3-2-4-6-12/h2-6,11H,7-10H2,1H3. The van der Waals surface area contributed by atoms with E-state index in [0.29, 0.717) is 41.2 Å². The van der Waals surface area contributed by atoms with Crippen LogP contribution in [-0.4, -0.2) is 48.7 Å². The van der Waals surface area contributed by atoms with Gasteiger partial charge in [0.15, 0.2) is 0 Å². The van der Waals surface area contributed by atoms with Crippen molar-refractivity contribution in [3.8, 4) is 0 Å². The maximum Gasteiger partial charge on any atom is 0.282 e. The molecule has 0 unspecified atom stereocenters. The number of nitrogens with zero attached hydrogens (tertiary/aromatic N) is 4. The zero-order chi connectivity index (χ0) is 17.3. The third-order valence-electron chi connectivity index (χ3n) is 4.02. The Morgan fingerprint density at radius 3 is 2.33 bits per heavy atom. The smallest absolute Gasteiger partial charge is 0.282 e. The first-order chi connectivity index (χ1) is 11.4. The molecule has 0 bridgehead atoms. The molecule has 24 heavy (non-hydrogen) atoms. The van der Waals surface area contributed by atoms with Gasteiger partial charge in [0.1, 0.15) is 4.47 Å². The van der Waals surface area contributed by atoms with Crippen LogP contribution in [-0.2, 0) is 17.1 Å². The Morgan fingerprint density at radius 2 is 1.71 bits per heavy atom. The normalized spacial score (nSPS) is 16.3. The second-order valence-electron chi connectivity index (χ2n) is 5.48. The van der Waals surface area contributed by atoms with E-state index in [1.54, 1.807) is 43.6 Å². The monoisotopic (exact) mass is 412 g/mol. The van der Waals surface area contributed by atoms with E-state index in [2.05, 4.69) is 21.0 Å². The Balaban J connectivity index is 1.77. The van der Waals surface area contributed by atoms with Gasteiger partial charge in [0.2, 0.25) is 10.0 Å². The molecule has 9 heteroatoms. The second-order valence-corrected chi connectivity index (χ2v) is 8.21. The number of aryl methyl sites for hydroxylation is 1. The van der Waals surface area contributed by atoms with E-state index < -0.39 is 10.0 Å². The quantitative estimate of drug-likeness (QED) is 0.752. The zero-order valence-electron chi connectivity index (χ0n) is 13.1. The molecule has 1 aliphatic heterocycles. The van der Waals surface area contributed by atoms with Gasteiger partial charge >= 0.3 is 0 Å². The number of halogens is 1. The summed E-state index contributed by atoms with van der Waals surface area (Å²) in [6.45, 7) is 1.72. The van der Waals surface area contributed by atoms with Gasteiger partial charge in [-0.05, 0) is 28.1 Å². The predicted octanol–water partition coefficient (Wildman–Crippen LogP) is 1.05. The van der Waals surface area contributed by atoms with E-state index in [4.69, 9.17) is 0 Å². The molecule has 1 fully saturated rings. The molecule has 1 saturated heterocycles. The summed E-state index contributed by atoms with van der Waals surface area (Å²) in [6.07, 6.45) is 1.62. The van der Waals surface area contributed by atoms with Gasteiger partial charge in [-0.15, -0.1) is 0 Å². The summed E-state index contributed by atoms with van der Waals surface area (Å²) in [5.41, 5.74) is 0.474. The third kappa shape index (κ3) is 3.11. The molecule has 2 heterocycles. The largest absolute Gasteiger partial charge is 0.367 e. The highest BCUT2D eigenvalue weighted by Gasteiger charge is 2.29. The zero-order valence-corrected chi connectivity index (χ0v) is 15.5. The summed E-state index contributed by atoms with van der Waals surface area (Å²) >= 11 is 3.31. The van der Waals surface area contributed by atoms with Gasteiger partial charge in [0, 0.05) is 33.2 Å². The average molecular weight is 413 g/mol. The van der Waals surface area contributed by atoms with Crippen LogP contribution in [0, 0.1) is 0 Å². The van der Waals surface area contributed by atoms with E-state index in [0.717, 1.165) is 0 Å². The minimum atomic E-state index is -3.48. The molecular formula is C15H17BrN4O3S. The van der Waals surface area contributed by atoms with Gasteiger partial charge in [0.25, 0.3) is 5.56 Å². The van der Waals surface area contributed by atoms with Crippen molar-refractivity contribution in [3.05, 3.63) is 51.4 Å². The van der Waals surface area contributed by atoms with Gasteiger partial charge in [0.05, 0.1) is 16.8 Å². The van der Waals surface area contributed by atoms with Crippen LogP contribution in [0.5, 0.6) is 0 Å². The molecule has 1 aromatic heterocycles. The maximum absolute atomic E-state index is 12.6. The lowest BCUT2D eigenvalue weighted by molar-refractivity contribution is 0.384. The van der Waals surface area contributed by atoms with Gasteiger partial charge < -0.3 is 4.90 Å². The summed E-state index contributed by atoms with van der Waals surface area (Å²) in [6, 6.07) is 8.42. The van der Waals surface area contributed by atoms with Gasteiger partial charge in [-0.2, -0.15) is 9.40 Å². The molecule has 2 aromatic rings. The summed E-state index contributed by atoms with van der Waals surface area (Å²) in [5, 5.41) is 4.03. The number of hydrogen-bond acceptors (Lipinski definition) is 5. The van der Waals surface area contributed by atoms with Crippen LogP contribution in [0.3, 0.4) is 0 Å². The summed E-state index contributed by atoms with van der Waals surface area (Å²) < 4.78 is 28.4. The fraction of sp³-hybridized carbons (Fsp3) is 0.333. The molecule has 128 valence electrons. The van der Waals surface area contributed by atoms with Crippen LogP contribution in [0.15, 0.2) is 50.7 Å². The van der Waals surface area contributed by atoms with Gasteiger partial charge in [-0.3, -0.25) is 4.79 Å². The van der Waals surface area contributed by atoms with Crippen molar-refractivity contribution in [2.75, 3.05) is 31.1 Å². The number of rotatable bonds is 3. The molecule has 1 aliphatic rings. The van der Waals surface area contributed by atoms with Crippen molar-refractivity contribution in [2.24, 2.45) is 7.05 Å². The van der Waals surface area contributed by atoms with Crippen LogP contribution >= 0.6 is 15.9 Å². The topological polar surface area (TPSA) is 75.5 Å². The van der Waals surface area contributed by atoms with Crippen LogP contribution in [0.25, 0.3) is 0 Å². The number of anilines is 1. The Morgan fingerprint density at radius 1 is 1.08 bits per heavy atom. The van der Waals surface area contributed by atoms with Crippen molar-refractivity contribution in [2.45, 2.75) is 4.90 Å². The van der Waals surface area contributed by atoms with Crippen LogP contribution in [0.4, 0.5) is 5.69 Å². The lowest BCUT2D eigenvalue weighted by Crippen LogP contribution is -2.49. The number of benzene rings is 1. The van der Waals surface area contributed by atoms with Crippen LogP contribution < -0.4 is 10.5 Å². The van der Waals surface area contributed by atoms with E-state index in [-0.39, 0.29) is 5.56 Å². The molecule has 0 N–H and O–H groups in total. The van der Waals surface area contributed by atoms with E-state index in [1.807, 2.05) is 4.90 Å². The first-order valence-corrected chi connectivity index (χ1v) is 9.66. The molecule has 0 saturated carbocycles. The second kappa shape index (κ2) is 6.66. The highest BCUT2D eigenvalue weighted by atomic mass is 79.9. The van der Waals surface area contributed by atoms with Crippen LogP contribution in [0.1, 0.15) is 0 Å². The van der Waals surface area contributed by atoms with Crippen molar-refractivity contribution in [3.63, 3.8) is 0 Å². The Bertz CT molecular complexity index is 891. The summed E-state index contributed by atoms with van der Waals surface area (Å²) in [7, 11) is -1.89. The van der Waals surface area contributed by atoms with Crippen molar-refractivity contribution < 1.29 is 8.42 Å². The molecule has 0 atom stereocenters. The number of sulfonamides is 1. The number of hydrogen-bond donors (Lipinski definition) is 0. The van der Waals surface area contributed by atoms with Crippen molar-refractivity contribution in [1.82, 2.24) is 14.1 Å². The molecule has 0 aliphatic carbocycles. The highest BCUT2D eigenvalue weighted by molar-refractivity contribution is 9.10. The van der Waals surface area contributed by atoms with E-state index >= 15 is 0 Å². The summed E-state index contributed by atoms with van der Waals surface area (Å²) in [4.78, 5) is 14.2. The average Bonchev–Trinajstić information content (AvgIpc) is 2.61. The molecule has 0 radical (unpaired) electrons. The first-order valence-electron chi connectivity index (χ1n) is 7.43. The predicted molar refractivity (Wildman–Crippen MR) is 94.6 cm³/mol. The van der Waals surface area contributed by atoms with Gasteiger partial charge in [-0.25, -0.2) is 13.1 Å². The van der Waals surface area contributed by atoms with Gasteiger partial charge in [-0.1, -0.05) is 18.2 Å². The molecule has 1 aromatic carbocycles. The molecule has 0 amide bonds. The minimum absolute atomic E-state index is 0.216. The highest BCUT2D eigenvalue weighted by Crippen LogP contribution is 2.24. The molecule has 0 spiro atoms. The number of piperazine rings is 1. The Labute approximate surface area is 148 Å². The lowest BCUT2D eigenvalue weighted by atomic mass is 10.3. The molecule has 7 nitrogen and oxygen atoms in total. The van der Waals surface area contributed by atoms with E-state index in [1.165, 1.54) is 8.99 Å². The van der Waals surface area contributed by atoms with Crippen molar-refractivity contribution >= 4 is 31.6 Å². The SMILES string of the molecule is Cn1ncc(N2CCN(S(=O)(=O)c3ccccc3)CC2)c(Br)c1=O. The Hall–Kier alpha value is -1.71. The van der Waals surface area contributed by atoms with Crippen LogP contribution in [0.2, 0.25) is 0 Å². The lowest BCUT2D eigenvalue weighted by Gasteiger charge is -2.35. The number of aromatic nitrogens is 2. The van der Waals surface area contributed by atoms with E-state index in [9.17, 15) is 13.2 Å². The third-order valence-corrected chi connectivity index (χ3v) is 6.68. The fourth-order valence-corrected chi connectivity index (χ4v) is 4.69. The van der Waals surface area contributed by atoms with Crippen molar-refractivity contribution in [1.29, 1.82) is 0 Å². The molecular weight excluding hydrogens is 396 g/mol. The minimum Gasteiger partial charge on any atom is -0.367 e.